The lowest BCUT2D eigenvalue weighted by Gasteiger charge is -2.08. The van der Waals surface area contributed by atoms with Crippen LogP contribution < -0.4 is 5.32 Å². The van der Waals surface area contributed by atoms with Crippen LogP contribution in [0.15, 0.2) is 54.6 Å². The highest BCUT2D eigenvalue weighted by molar-refractivity contribution is 5.68. The highest BCUT2D eigenvalue weighted by Gasteiger charge is 2.19. The zero-order valence-electron chi connectivity index (χ0n) is 12.9. The second-order valence-electron chi connectivity index (χ2n) is 5.56. The lowest BCUT2D eigenvalue weighted by Crippen LogP contribution is -1.89. The standard InChI is InChI=1S/C14H13F.C5H9N/c1-10-6-3-4-8-12(10)13-9-5-7-11(2)14(13)15;1-4(2)5-3-6-5/h3-9H,1-2H3;5-6H,1,3H2,2H3. The van der Waals surface area contributed by atoms with Crippen molar-refractivity contribution < 1.29 is 4.39 Å². The number of nitrogens with one attached hydrogen (secondary N) is 1. The average Bonchev–Trinajstić information content (AvgIpc) is 3.28. The molecule has 110 valence electrons. The van der Waals surface area contributed by atoms with Crippen LogP contribution in [0.4, 0.5) is 4.39 Å². The molecular formula is C19H22FN. The summed E-state index contributed by atoms with van der Waals surface area (Å²) in [5.74, 6) is -0.119. The molecule has 2 aromatic rings. The van der Waals surface area contributed by atoms with Crippen LogP contribution in [0.25, 0.3) is 11.1 Å². The second kappa shape index (κ2) is 6.68. The van der Waals surface area contributed by atoms with Crippen molar-refractivity contribution in [2.45, 2.75) is 26.8 Å². The first-order valence-corrected chi connectivity index (χ1v) is 7.20. The van der Waals surface area contributed by atoms with Crippen molar-refractivity contribution in [3.05, 3.63) is 71.6 Å². The Morgan fingerprint density at radius 3 is 2.14 bits per heavy atom. The maximum absolute atomic E-state index is 13.9. The number of benzene rings is 2. The smallest absolute Gasteiger partial charge is 0.133 e. The van der Waals surface area contributed by atoms with Crippen LogP contribution in [0.3, 0.4) is 0 Å². The summed E-state index contributed by atoms with van der Waals surface area (Å²) >= 11 is 0. The minimum absolute atomic E-state index is 0.119. The molecule has 2 heteroatoms. The topological polar surface area (TPSA) is 21.9 Å². The molecule has 1 saturated heterocycles. The zero-order chi connectivity index (χ0) is 15.4. The van der Waals surface area contributed by atoms with E-state index >= 15 is 0 Å². The van der Waals surface area contributed by atoms with Gasteiger partial charge in [0, 0.05) is 18.2 Å². The summed E-state index contributed by atoms with van der Waals surface area (Å²) in [5.41, 5.74) is 4.71. The van der Waals surface area contributed by atoms with Crippen LogP contribution in [-0.4, -0.2) is 12.6 Å². The predicted molar refractivity (Wildman–Crippen MR) is 87.9 cm³/mol. The second-order valence-corrected chi connectivity index (χ2v) is 5.56. The molecule has 1 N–H and O–H groups in total. The van der Waals surface area contributed by atoms with Gasteiger partial charge in [-0.2, -0.15) is 0 Å². The van der Waals surface area contributed by atoms with Gasteiger partial charge in [0.25, 0.3) is 0 Å². The average molecular weight is 283 g/mol. The molecule has 21 heavy (non-hydrogen) atoms. The van der Waals surface area contributed by atoms with Gasteiger partial charge in [-0.25, -0.2) is 4.39 Å². The summed E-state index contributed by atoms with van der Waals surface area (Å²) in [5, 5.41) is 3.13. The summed E-state index contributed by atoms with van der Waals surface area (Å²) < 4.78 is 13.9. The van der Waals surface area contributed by atoms with Crippen molar-refractivity contribution in [1.29, 1.82) is 0 Å². The Morgan fingerprint density at radius 2 is 1.62 bits per heavy atom. The van der Waals surface area contributed by atoms with Crippen LogP contribution in [-0.2, 0) is 0 Å². The van der Waals surface area contributed by atoms with E-state index in [1.165, 1.54) is 5.57 Å². The van der Waals surface area contributed by atoms with Crippen molar-refractivity contribution in [2.75, 3.05) is 6.54 Å². The summed E-state index contributed by atoms with van der Waals surface area (Å²) in [4.78, 5) is 0. The third kappa shape index (κ3) is 4.02. The number of rotatable bonds is 2. The van der Waals surface area contributed by atoms with Crippen LogP contribution in [0.1, 0.15) is 18.1 Å². The van der Waals surface area contributed by atoms with Gasteiger partial charge in [0.15, 0.2) is 0 Å². The van der Waals surface area contributed by atoms with Gasteiger partial charge in [-0.3, -0.25) is 0 Å². The minimum Gasteiger partial charge on any atom is -0.307 e. The first kappa shape index (κ1) is 15.5. The van der Waals surface area contributed by atoms with Crippen LogP contribution in [0.2, 0.25) is 0 Å². The molecule has 2 aromatic carbocycles. The molecule has 0 spiro atoms. The summed E-state index contributed by atoms with van der Waals surface area (Å²) in [7, 11) is 0. The molecule has 0 radical (unpaired) electrons. The third-order valence-electron chi connectivity index (χ3n) is 3.63. The molecule has 0 aromatic heterocycles. The Kier molecular flexibility index (Phi) is 4.92. The van der Waals surface area contributed by atoms with Gasteiger partial charge in [-0.05, 0) is 37.5 Å². The molecule has 1 aliphatic rings. The van der Waals surface area contributed by atoms with E-state index in [2.05, 4.69) is 11.9 Å². The van der Waals surface area contributed by atoms with Crippen molar-refractivity contribution in [3.8, 4) is 11.1 Å². The maximum Gasteiger partial charge on any atom is 0.133 e. The number of aryl methyl sites for hydroxylation is 2. The number of hydrogen-bond donors (Lipinski definition) is 1. The van der Waals surface area contributed by atoms with Gasteiger partial charge < -0.3 is 5.32 Å². The molecule has 1 heterocycles. The van der Waals surface area contributed by atoms with Gasteiger partial charge >= 0.3 is 0 Å². The predicted octanol–water partition coefficient (Wildman–Crippen LogP) is 4.64. The van der Waals surface area contributed by atoms with E-state index in [1.807, 2.05) is 50.2 Å². The Morgan fingerprint density at radius 1 is 1.05 bits per heavy atom. The van der Waals surface area contributed by atoms with E-state index in [0.29, 0.717) is 17.2 Å². The van der Waals surface area contributed by atoms with Gasteiger partial charge in [0.05, 0.1) is 0 Å². The molecule has 0 amide bonds. The molecular weight excluding hydrogens is 261 g/mol. The normalized spacial score (nSPS) is 15.9. The third-order valence-corrected chi connectivity index (χ3v) is 3.63. The van der Waals surface area contributed by atoms with Crippen molar-refractivity contribution in [2.24, 2.45) is 0 Å². The number of hydrogen-bond acceptors (Lipinski definition) is 1. The van der Waals surface area contributed by atoms with Gasteiger partial charge in [-0.1, -0.05) is 54.6 Å². The Labute approximate surface area is 126 Å². The maximum atomic E-state index is 13.9. The van der Waals surface area contributed by atoms with Gasteiger partial charge in [0.1, 0.15) is 5.82 Å². The molecule has 1 atom stereocenters. The SMILES string of the molecule is C=C(C)C1CN1.Cc1ccccc1-c1cccc(C)c1F. The largest absolute Gasteiger partial charge is 0.307 e. The molecule has 1 aliphatic heterocycles. The summed E-state index contributed by atoms with van der Waals surface area (Å²) in [6.07, 6.45) is 0. The van der Waals surface area contributed by atoms with E-state index in [0.717, 1.165) is 17.7 Å². The van der Waals surface area contributed by atoms with Crippen molar-refractivity contribution in [3.63, 3.8) is 0 Å². The first-order valence-electron chi connectivity index (χ1n) is 7.20. The number of halogens is 1. The highest BCUT2D eigenvalue weighted by atomic mass is 19.1. The first-order chi connectivity index (χ1) is 10.0. The zero-order valence-corrected chi connectivity index (χ0v) is 12.9. The molecule has 0 aliphatic carbocycles. The van der Waals surface area contributed by atoms with Crippen molar-refractivity contribution >= 4 is 0 Å². The fourth-order valence-corrected chi connectivity index (χ4v) is 2.14. The summed E-state index contributed by atoms with van der Waals surface area (Å²) in [6.45, 7) is 10.7. The molecule has 0 bridgehead atoms. The van der Waals surface area contributed by atoms with E-state index in [9.17, 15) is 4.39 Å². The van der Waals surface area contributed by atoms with Crippen LogP contribution >= 0.6 is 0 Å². The minimum atomic E-state index is -0.119. The molecule has 3 rings (SSSR count). The lowest BCUT2D eigenvalue weighted by atomic mass is 9.98. The fourth-order valence-electron chi connectivity index (χ4n) is 2.14. The summed E-state index contributed by atoms with van der Waals surface area (Å²) in [6, 6.07) is 14.0. The van der Waals surface area contributed by atoms with Crippen LogP contribution in [0.5, 0.6) is 0 Å². The Balaban J connectivity index is 0.000000225. The van der Waals surface area contributed by atoms with E-state index < -0.39 is 0 Å². The van der Waals surface area contributed by atoms with Gasteiger partial charge in [-0.15, -0.1) is 0 Å². The highest BCUT2D eigenvalue weighted by Crippen LogP contribution is 2.27. The van der Waals surface area contributed by atoms with E-state index in [-0.39, 0.29) is 5.82 Å². The molecule has 1 fully saturated rings. The Bertz CT molecular complexity index is 642. The quantitative estimate of drug-likeness (QED) is 0.629. The molecule has 1 unspecified atom stereocenters. The monoisotopic (exact) mass is 283 g/mol. The van der Waals surface area contributed by atoms with Crippen LogP contribution in [0, 0.1) is 19.7 Å². The van der Waals surface area contributed by atoms with Crippen molar-refractivity contribution in [1.82, 2.24) is 5.32 Å². The van der Waals surface area contributed by atoms with E-state index in [1.54, 1.807) is 13.0 Å². The molecule has 0 saturated carbocycles. The Hall–Kier alpha value is -1.93. The lowest BCUT2D eigenvalue weighted by molar-refractivity contribution is 0.622. The molecule has 1 nitrogen and oxygen atoms in total. The van der Waals surface area contributed by atoms with Gasteiger partial charge in [0.2, 0.25) is 0 Å². The van der Waals surface area contributed by atoms with E-state index in [4.69, 9.17) is 0 Å². The fraction of sp³-hybridized carbons (Fsp3) is 0.263.